The SMILES string of the molecule is CNC(=O)Nc1ccc(C)cc1C(=O)O. The Bertz CT molecular complexity index is 402. The number of amides is 2. The second-order valence-corrected chi connectivity index (χ2v) is 3.06. The number of urea groups is 1. The van der Waals surface area contributed by atoms with Gasteiger partial charge in [-0.05, 0) is 19.1 Å². The van der Waals surface area contributed by atoms with Crippen LogP contribution in [0.4, 0.5) is 10.5 Å². The van der Waals surface area contributed by atoms with E-state index in [-0.39, 0.29) is 11.3 Å². The van der Waals surface area contributed by atoms with Crippen LogP contribution in [0.15, 0.2) is 18.2 Å². The van der Waals surface area contributed by atoms with Crippen LogP contribution in [-0.2, 0) is 0 Å². The maximum Gasteiger partial charge on any atom is 0.337 e. The molecule has 1 aromatic rings. The maximum atomic E-state index is 11.0. The summed E-state index contributed by atoms with van der Waals surface area (Å²) in [6.07, 6.45) is 0. The van der Waals surface area contributed by atoms with Crippen LogP contribution in [0.2, 0.25) is 0 Å². The second kappa shape index (κ2) is 4.45. The molecule has 0 atom stereocenters. The van der Waals surface area contributed by atoms with Crippen LogP contribution in [-0.4, -0.2) is 24.2 Å². The van der Waals surface area contributed by atoms with Crippen molar-refractivity contribution >= 4 is 17.7 Å². The number of anilines is 1. The van der Waals surface area contributed by atoms with Gasteiger partial charge >= 0.3 is 12.0 Å². The second-order valence-electron chi connectivity index (χ2n) is 3.06. The third kappa shape index (κ3) is 2.70. The molecule has 1 rings (SSSR count). The number of hydrogen-bond acceptors (Lipinski definition) is 2. The summed E-state index contributed by atoms with van der Waals surface area (Å²) in [6, 6.07) is 4.36. The zero-order chi connectivity index (χ0) is 11.4. The first kappa shape index (κ1) is 11.0. The molecule has 0 bridgehead atoms. The lowest BCUT2D eigenvalue weighted by molar-refractivity contribution is 0.0698. The van der Waals surface area contributed by atoms with Crippen LogP contribution in [0.3, 0.4) is 0 Å². The lowest BCUT2D eigenvalue weighted by Gasteiger charge is -2.08. The van der Waals surface area contributed by atoms with E-state index in [0.29, 0.717) is 0 Å². The van der Waals surface area contributed by atoms with Gasteiger partial charge in [0.15, 0.2) is 0 Å². The van der Waals surface area contributed by atoms with Crippen LogP contribution in [0.25, 0.3) is 0 Å². The number of aryl methyl sites for hydroxylation is 1. The minimum absolute atomic E-state index is 0.0820. The Morgan fingerprint density at radius 2 is 2.00 bits per heavy atom. The largest absolute Gasteiger partial charge is 0.478 e. The van der Waals surface area contributed by atoms with E-state index in [9.17, 15) is 9.59 Å². The van der Waals surface area contributed by atoms with Crippen molar-refractivity contribution in [2.24, 2.45) is 0 Å². The number of aromatic carboxylic acids is 1. The van der Waals surface area contributed by atoms with Crippen LogP contribution in [0.5, 0.6) is 0 Å². The minimum atomic E-state index is -1.06. The van der Waals surface area contributed by atoms with Crippen molar-refractivity contribution in [3.05, 3.63) is 29.3 Å². The van der Waals surface area contributed by atoms with Crippen molar-refractivity contribution in [1.82, 2.24) is 5.32 Å². The summed E-state index contributed by atoms with van der Waals surface area (Å²) >= 11 is 0. The lowest BCUT2D eigenvalue weighted by atomic mass is 10.1. The highest BCUT2D eigenvalue weighted by molar-refractivity contribution is 6.00. The predicted octanol–water partition coefficient (Wildman–Crippen LogP) is 1.44. The quantitative estimate of drug-likeness (QED) is 0.688. The molecule has 0 fully saturated rings. The Kier molecular flexibility index (Phi) is 3.28. The van der Waals surface area contributed by atoms with Crippen molar-refractivity contribution in [3.8, 4) is 0 Å². The molecule has 0 spiro atoms. The summed E-state index contributed by atoms with van der Waals surface area (Å²) in [5.74, 6) is -1.06. The van der Waals surface area contributed by atoms with Gasteiger partial charge in [0.25, 0.3) is 0 Å². The fourth-order valence-electron chi connectivity index (χ4n) is 1.13. The number of hydrogen-bond donors (Lipinski definition) is 3. The third-order valence-corrected chi connectivity index (χ3v) is 1.88. The highest BCUT2D eigenvalue weighted by Crippen LogP contribution is 2.17. The summed E-state index contributed by atoms with van der Waals surface area (Å²) in [5, 5.41) is 13.7. The summed E-state index contributed by atoms with van der Waals surface area (Å²) in [5.41, 5.74) is 1.20. The van der Waals surface area contributed by atoms with Crippen LogP contribution >= 0.6 is 0 Å². The van der Waals surface area contributed by atoms with Gasteiger partial charge in [0, 0.05) is 7.05 Å². The molecule has 5 heteroatoms. The molecule has 1 aromatic carbocycles. The summed E-state index contributed by atoms with van der Waals surface area (Å²) in [6.45, 7) is 1.79. The molecule has 0 aliphatic rings. The number of carboxylic acid groups (broad SMARTS) is 1. The first-order valence-corrected chi connectivity index (χ1v) is 4.37. The third-order valence-electron chi connectivity index (χ3n) is 1.88. The van der Waals surface area contributed by atoms with Gasteiger partial charge in [-0.1, -0.05) is 11.6 Å². The Morgan fingerprint density at radius 3 is 2.53 bits per heavy atom. The molecule has 0 unspecified atom stereocenters. The molecule has 0 saturated heterocycles. The predicted molar refractivity (Wildman–Crippen MR) is 56.2 cm³/mol. The Labute approximate surface area is 87.1 Å². The highest BCUT2D eigenvalue weighted by Gasteiger charge is 2.11. The molecule has 0 aliphatic heterocycles. The van der Waals surface area contributed by atoms with Crippen molar-refractivity contribution in [2.45, 2.75) is 6.92 Å². The standard InChI is InChI=1S/C10H12N2O3/c1-6-3-4-8(12-10(15)11-2)7(5-6)9(13)14/h3-5H,1-2H3,(H,13,14)(H2,11,12,15). The molecular formula is C10H12N2O3. The summed E-state index contributed by atoms with van der Waals surface area (Å²) < 4.78 is 0. The molecule has 3 N–H and O–H groups in total. The topological polar surface area (TPSA) is 78.4 Å². The summed E-state index contributed by atoms with van der Waals surface area (Å²) in [7, 11) is 1.46. The Hall–Kier alpha value is -2.04. The molecule has 80 valence electrons. The van der Waals surface area contributed by atoms with Crippen molar-refractivity contribution < 1.29 is 14.7 Å². The van der Waals surface area contributed by atoms with Gasteiger partial charge in [-0.25, -0.2) is 9.59 Å². The van der Waals surface area contributed by atoms with Gasteiger partial charge < -0.3 is 15.7 Å². The normalized spacial score (nSPS) is 9.47. The molecule has 5 nitrogen and oxygen atoms in total. The fraction of sp³-hybridized carbons (Fsp3) is 0.200. The smallest absolute Gasteiger partial charge is 0.337 e. The van der Waals surface area contributed by atoms with Gasteiger partial charge in [0.05, 0.1) is 11.3 Å². The minimum Gasteiger partial charge on any atom is -0.478 e. The molecule has 0 saturated carbocycles. The van der Waals surface area contributed by atoms with Crippen molar-refractivity contribution in [3.63, 3.8) is 0 Å². The number of benzene rings is 1. The number of rotatable bonds is 2. The van der Waals surface area contributed by atoms with Gasteiger partial charge in [-0.2, -0.15) is 0 Å². The summed E-state index contributed by atoms with van der Waals surface area (Å²) in [4.78, 5) is 21.9. The van der Waals surface area contributed by atoms with E-state index in [0.717, 1.165) is 5.56 Å². The zero-order valence-electron chi connectivity index (χ0n) is 8.50. The van der Waals surface area contributed by atoms with Gasteiger partial charge in [-0.15, -0.1) is 0 Å². The Morgan fingerprint density at radius 1 is 1.33 bits per heavy atom. The number of nitrogens with one attached hydrogen (secondary N) is 2. The van der Waals surface area contributed by atoms with Gasteiger partial charge in [0.1, 0.15) is 0 Å². The monoisotopic (exact) mass is 208 g/mol. The molecule has 0 radical (unpaired) electrons. The molecule has 15 heavy (non-hydrogen) atoms. The fourth-order valence-corrected chi connectivity index (χ4v) is 1.13. The number of carboxylic acids is 1. The van der Waals surface area contributed by atoms with Crippen molar-refractivity contribution in [2.75, 3.05) is 12.4 Å². The molecular weight excluding hydrogens is 196 g/mol. The van der Waals surface area contributed by atoms with E-state index in [2.05, 4.69) is 10.6 Å². The van der Waals surface area contributed by atoms with E-state index >= 15 is 0 Å². The number of carbonyl (C=O) groups is 2. The van der Waals surface area contributed by atoms with E-state index in [1.165, 1.54) is 13.1 Å². The maximum absolute atomic E-state index is 11.0. The van der Waals surface area contributed by atoms with E-state index in [1.807, 2.05) is 0 Å². The van der Waals surface area contributed by atoms with Crippen LogP contribution < -0.4 is 10.6 Å². The van der Waals surface area contributed by atoms with Crippen molar-refractivity contribution in [1.29, 1.82) is 0 Å². The first-order valence-electron chi connectivity index (χ1n) is 4.37. The average molecular weight is 208 g/mol. The van der Waals surface area contributed by atoms with E-state index in [4.69, 9.17) is 5.11 Å². The van der Waals surface area contributed by atoms with Crippen LogP contribution in [0.1, 0.15) is 15.9 Å². The Balaban J connectivity index is 3.06. The molecule has 0 aromatic heterocycles. The molecule has 2 amide bonds. The van der Waals surface area contributed by atoms with E-state index < -0.39 is 12.0 Å². The van der Waals surface area contributed by atoms with Crippen LogP contribution in [0, 0.1) is 6.92 Å². The van der Waals surface area contributed by atoms with Gasteiger partial charge in [-0.3, -0.25) is 0 Å². The first-order chi connectivity index (χ1) is 7.04. The highest BCUT2D eigenvalue weighted by atomic mass is 16.4. The van der Waals surface area contributed by atoms with Gasteiger partial charge in [0.2, 0.25) is 0 Å². The molecule has 0 heterocycles. The average Bonchev–Trinajstić information content (AvgIpc) is 2.20. The lowest BCUT2D eigenvalue weighted by Crippen LogP contribution is -2.25. The zero-order valence-corrected chi connectivity index (χ0v) is 8.50. The number of carbonyl (C=O) groups excluding carboxylic acids is 1. The molecule has 0 aliphatic carbocycles. The van der Waals surface area contributed by atoms with E-state index in [1.54, 1.807) is 19.1 Å².